The summed E-state index contributed by atoms with van der Waals surface area (Å²) in [5.41, 5.74) is 1.36. The smallest absolute Gasteiger partial charge is 0.278 e. The molecule has 3 aliphatic rings. The predicted molar refractivity (Wildman–Crippen MR) is 140 cm³/mol. The lowest BCUT2D eigenvalue weighted by Gasteiger charge is -2.52. The summed E-state index contributed by atoms with van der Waals surface area (Å²) in [5.74, 6) is 2.01. The van der Waals surface area contributed by atoms with Gasteiger partial charge in [-0.15, -0.1) is 10.2 Å². The normalized spacial score (nSPS) is 26.6. The fourth-order valence-corrected chi connectivity index (χ4v) is 6.43. The second-order valence-electron chi connectivity index (χ2n) is 11.1. The summed E-state index contributed by atoms with van der Waals surface area (Å²) in [6.45, 7) is 2.12. The van der Waals surface area contributed by atoms with Crippen LogP contribution in [0.3, 0.4) is 0 Å². The van der Waals surface area contributed by atoms with Crippen LogP contribution in [0.1, 0.15) is 51.9 Å². The summed E-state index contributed by atoms with van der Waals surface area (Å²) < 4.78 is 26.3. The van der Waals surface area contributed by atoms with E-state index in [1.165, 1.54) is 20.6 Å². The third-order valence-corrected chi connectivity index (χ3v) is 8.44. The van der Waals surface area contributed by atoms with Crippen molar-refractivity contribution in [1.82, 2.24) is 25.1 Å². The van der Waals surface area contributed by atoms with E-state index in [9.17, 15) is 5.11 Å². The summed E-state index contributed by atoms with van der Waals surface area (Å²) >= 11 is 0. The zero-order valence-electron chi connectivity index (χ0n) is 22.0. The number of anilines is 1. The van der Waals surface area contributed by atoms with E-state index >= 15 is 4.39 Å². The lowest BCUT2D eigenvalue weighted by Crippen LogP contribution is -2.56. The van der Waals surface area contributed by atoms with E-state index < -0.39 is 6.17 Å². The van der Waals surface area contributed by atoms with E-state index in [1.54, 1.807) is 30.6 Å². The topological polar surface area (TPSA) is 106 Å². The Morgan fingerprint density at radius 3 is 2.55 bits per heavy atom. The summed E-state index contributed by atoms with van der Waals surface area (Å²) in [5, 5.41) is 19.6. The van der Waals surface area contributed by atoms with E-state index in [4.69, 9.17) is 9.47 Å². The number of methoxy groups -OCH3 is 2. The molecular formula is C28H33FN6O3. The summed E-state index contributed by atoms with van der Waals surface area (Å²) in [7, 11) is 2.98. The quantitative estimate of drug-likeness (QED) is 0.461. The zero-order chi connectivity index (χ0) is 26.4. The van der Waals surface area contributed by atoms with Crippen LogP contribution in [-0.2, 0) is 0 Å². The number of halogens is 1. The highest BCUT2D eigenvalue weighted by molar-refractivity contribution is 5.71. The Bertz CT molecular complexity index is 1320. The van der Waals surface area contributed by atoms with Crippen molar-refractivity contribution in [3.05, 3.63) is 30.6 Å². The maximum atomic E-state index is 15.9. The Morgan fingerprint density at radius 2 is 1.87 bits per heavy atom. The van der Waals surface area contributed by atoms with Crippen molar-refractivity contribution in [3.63, 3.8) is 0 Å². The summed E-state index contributed by atoms with van der Waals surface area (Å²) in [4.78, 5) is 15.3. The highest BCUT2D eigenvalue weighted by Gasteiger charge is 2.52. The molecule has 3 fully saturated rings. The molecule has 0 saturated heterocycles. The van der Waals surface area contributed by atoms with Gasteiger partial charge in [-0.1, -0.05) is 25.8 Å². The molecule has 6 rings (SSSR count). The monoisotopic (exact) mass is 520 g/mol. The number of aromatic hydroxyl groups is 1. The minimum absolute atomic E-state index is 0.00969. The molecule has 38 heavy (non-hydrogen) atoms. The van der Waals surface area contributed by atoms with Gasteiger partial charge in [-0.2, -0.15) is 0 Å². The van der Waals surface area contributed by atoms with E-state index in [0.717, 1.165) is 38.5 Å². The molecule has 4 atom stereocenters. The Morgan fingerprint density at radius 1 is 1.05 bits per heavy atom. The van der Waals surface area contributed by atoms with E-state index in [0.29, 0.717) is 34.4 Å². The molecule has 0 aliphatic heterocycles. The molecule has 2 aromatic heterocycles. The minimum Gasteiger partial charge on any atom is -0.507 e. The first kappa shape index (κ1) is 24.8. The third-order valence-electron chi connectivity index (χ3n) is 8.44. The lowest BCUT2D eigenvalue weighted by atomic mass is 9.60. The minimum atomic E-state index is -0.891. The molecule has 1 aromatic carbocycles. The number of hydrogen-bond donors (Lipinski definition) is 1. The van der Waals surface area contributed by atoms with Gasteiger partial charge in [-0.3, -0.25) is 0 Å². The number of rotatable bonds is 7. The SMILES string of the molecule is COc1ncc(-c2ccc(-c3ncc(N(C4CC4)[C@H]4C[C@@H]5CCC[C@@](C)(C5)[C@H]4F)nn3)c(O)c2)nc1OC. The van der Waals surface area contributed by atoms with Crippen molar-refractivity contribution in [2.24, 2.45) is 11.3 Å². The van der Waals surface area contributed by atoms with E-state index in [1.807, 2.05) is 0 Å². The number of ether oxygens (including phenoxy) is 2. The maximum Gasteiger partial charge on any atom is 0.278 e. The van der Waals surface area contributed by atoms with E-state index in [2.05, 4.69) is 37.0 Å². The Kier molecular flexibility index (Phi) is 6.28. The van der Waals surface area contributed by atoms with Gasteiger partial charge in [-0.25, -0.2) is 19.3 Å². The Labute approximate surface area is 221 Å². The number of alkyl halides is 1. The van der Waals surface area contributed by atoms with Gasteiger partial charge in [0.05, 0.1) is 43.9 Å². The number of fused-ring (bicyclic) bond motifs is 2. The van der Waals surface area contributed by atoms with Crippen LogP contribution in [0.2, 0.25) is 0 Å². The first-order chi connectivity index (χ1) is 18.4. The number of phenolic OH excluding ortho intramolecular Hbond substituents is 1. The number of benzene rings is 1. The molecule has 3 aliphatic carbocycles. The Hall–Kier alpha value is -3.56. The van der Waals surface area contributed by atoms with E-state index in [-0.39, 0.29) is 35.0 Å². The number of phenols is 1. The van der Waals surface area contributed by atoms with Crippen LogP contribution in [0.5, 0.6) is 17.5 Å². The van der Waals surface area contributed by atoms with Crippen molar-refractivity contribution in [1.29, 1.82) is 0 Å². The first-order valence-corrected chi connectivity index (χ1v) is 13.3. The molecule has 2 bridgehead atoms. The van der Waals surface area contributed by atoms with Crippen LogP contribution in [0.4, 0.5) is 10.2 Å². The average molecular weight is 521 g/mol. The molecule has 2 heterocycles. The number of aromatic nitrogens is 5. The number of hydrogen-bond acceptors (Lipinski definition) is 9. The maximum absolute atomic E-state index is 15.9. The summed E-state index contributed by atoms with van der Waals surface area (Å²) in [6.07, 6.45) is 9.50. The van der Waals surface area contributed by atoms with Crippen molar-refractivity contribution >= 4 is 5.82 Å². The highest BCUT2D eigenvalue weighted by atomic mass is 19.1. The van der Waals surface area contributed by atoms with Gasteiger partial charge in [0.2, 0.25) is 0 Å². The van der Waals surface area contributed by atoms with Crippen LogP contribution in [0, 0.1) is 11.3 Å². The van der Waals surface area contributed by atoms with Crippen molar-refractivity contribution in [3.8, 4) is 40.2 Å². The van der Waals surface area contributed by atoms with Crippen LogP contribution in [-0.4, -0.2) is 62.7 Å². The van der Waals surface area contributed by atoms with Crippen LogP contribution >= 0.6 is 0 Å². The first-order valence-electron chi connectivity index (χ1n) is 13.3. The molecule has 0 unspecified atom stereocenters. The molecule has 0 amide bonds. The van der Waals surface area contributed by atoms with Crippen molar-refractivity contribution < 1.29 is 19.0 Å². The Balaban J connectivity index is 1.25. The van der Waals surface area contributed by atoms with Gasteiger partial charge >= 0.3 is 0 Å². The fraction of sp³-hybridized carbons (Fsp3) is 0.536. The summed E-state index contributed by atoms with van der Waals surface area (Å²) in [6, 6.07) is 5.20. The molecule has 3 saturated carbocycles. The van der Waals surface area contributed by atoms with Crippen LogP contribution < -0.4 is 14.4 Å². The van der Waals surface area contributed by atoms with Gasteiger partial charge in [0.1, 0.15) is 11.9 Å². The second-order valence-corrected chi connectivity index (χ2v) is 11.1. The number of nitrogens with zero attached hydrogens (tertiary/aromatic N) is 6. The molecule has 1 N–H and O–H groups in total. The standard InChI is InChI=1S/C28H33FN6O3/c1-28-10-4-5-16(13-28)11-21(24(28)29)35(18-7-8-18)23-15-30-25(34-33-23)19-9-6-17(12-22(19)36)20-14-31-26(37-2)27(32-20)38-3/h6,9,12,14-16,18,21,24,36H,4-5,7-8,10-11,13H2,1-3H3/t16-,21-,24-,28-/m0/s1. The van der Waals surface area contributed by atoms with Crippen LogP contribution in [0.25, 0.3) is 22.6 Å². The molecule has 10 heteroatoms. The molecular weight excluding hydrogens is 487 g/mol. The van der Waals surface area contributed by atoms with Crippen molar-refractivity contribution in [2.75, 3.05) is 19.1 Å². The fourth-order valence-electron chi connectivity index (χ4n) is 6.43. The molecule has 9 nitrogen and oxygen atoms in total. The molecule has 200 valence electrons. The largest absolute Gasteiger partial charge is 0.507 e. The van der Waals surface area contributed by atoms with Gasteiger partial charge in [-0.05, 0) is 50.2 Å². The van der Waals surface area contributed by atoms with Gasteiger partial charge in [0.15, 0.2) is 11.6 Å². The van der Waals surface area contributed by atoms with Crippen molar-refractivity contribution in [2.45, 2.75) is 70.1 Å². The van der Waals surface area contributed by atoms with Crippen LogP contribution in [0.15, 0.2) is 30.6 Å². The highest BCUT2D eigenvalue weighted by Crippen LogP contribution is 2.52. The van der Waals surface area contributed by atoms with Gasteiger partial charge in [0.25, 0.3) is 11.8 Å². The van der Waals surface area contributed by atoms with Gasteiger partial charge in [0, 0.05) is 17.0 Å². The third kappa shape index (κ3) is 4.39. The second kappa shape index (κ2) is 9.63. The zero-order valence-corrected chi connectivity index (χ0v) is 22.0. The molecule has 0 spiro atoms. The lowest BCUT2D eigenvalue weighted by molar-refractivity contribution is -0.0125. The average Bonchev–Trinajstić information content (AvgIpc) is 3.77. The predicted octanol–water partition coefficient (Wildman–Crippen LogP) is 4.99. The molecule has 0 radical (unpaired) electrons. The van der Waals surface area contributed by atoms with Gasteiger partial charge < -0.3 is 19.5 Å². The molecule has 3 aromatic rings.